The lowest BCUT2D eigenvalue weighted by Crippen LogP contribution is -2.50. The molecule has 2 aromatic heterocycles. The number of ether oxygens (including phenoxy) is 1. The van der Waals surface area contributed by atoms with E-state index < -0.39 is 11.9 Å². The van der Waals surface area contributed by atoms with Gasteiger partial charge in [-0.15, -0.1) is 5.10 Å². The summed E-state index contributed by atoms with van der Waals surface area (Å²) in [6.45, 7) is 4.46. The molecule has 8 nitrogen and oxygen atoms in total. The Hall–Kier alpha value is -2.79. The topological polar surface area (TPSA) is 81.9 Å². The summed E-state index contributed by atoms with van der Waals surface area (Å²) in [5, 5.41) is 11.6. The molecule has 0 bridgehead atoms. The van der Waals surface area contributed by atoms with Crippen LogP contribution in [0.5, 0.6) is 0 Å². The monoisotopic (exact) mass is 439 g/mol. The van der Waals surface area contributed by atoms with Crippen LogP contribution in [0.2, 0.25) is 5.02 Å². The summed E-state index contributed by atoms with van der Waals surface area (Å²) in [5.74, 6) is -0.140. The molecule has 2 atom stereocenters. The molecule has 0 aliphatic carbocycles. The van der Waals surface area contributed by atoms with E-state index in [0.717, 1.165) is 6.20 Å². The number of anilines is 1. The van der Waals surface area contributed by atoms with Gasteiger partial charge >= 0.3 is 6.18 Å². The molecule has 0 unspecified atom stereocenters. The third kappa shape index (κ3) is 3.82. The predicted molar refractivity (Wildman–Crippen MR) is 102 cm³/mol. The fourth-order valence-corrected chi connectivity index (χ4v) is 3.51. The van der Waals surface area contributed by atoms with Crippen molar-refractivity contribution in [1.82, 2.24) is 30.2 Å². The summed E-state index contributed by atoms with van der Waals surface area (Å²) in [4.78, 5) is 9.82. The van der Waals surface area contributed by atoms with E-state index in [1.165, 1.54) is 4.68 Å². The van der Waals surface area contributed by atoms with Crippen LogP contribution in [0, 0.1) is 0 Å². The molecule has 30 heavy (non-hydrogen) atoms. The first-order valence-electron chi connectivity index (χ1n) is 9.10. The summed E-state index contributed by atoms with van der Waals surface area (Å²) < 4.78 is 48.4. The molecule has 1 fully saturated rings. The van der Waals surface area contributed by atoms with Crippen LogP contribution in [0.25, 0.3) is 17.1 Å². The largest absolute Gasteiger partial charge is 0.434 e. The van der Waals surface area contributed by atoms with Crippen LogP contribution < -0.4 is 4.90 Å². The Kier molecular flexibility index (Phi) is 5.33. The molecule has 0 amide bonds. The molecule has 0 spiro atoms. The molecule has 12 heteroatoms. The summed E-state index contributed by atoms with van der Waals surface area (Å²) in [7, 11) is 0. The lowest BCUT2D eigenvalue weighted by molar-refractivity contribution is -0.140. The number of rotatable bonds is 3. The number of morpholine rings is 1. The minimum absolute atomic E-state index is 0.0140. The maximum atomic E-state index is 13.9. The fraction of sp³-hybridized carbons (Fsp3) is 0.389. The van der Waals surface area contributed by atoms with Crippen molar-refractivity contribution >= 4 is 17.5 Å². The third-order valence-corrected chi connectivity index (χ3v) is 4.98. The molecule has 0 saturated carbocycles. The second-order valence-electron chi connectivity index (χ2n) is 6.96. The van der Waals surface area contributed by atoms with Crippen LogP contribution in [-0.2, 0) is 10.9 Å². The van der Waals surface area contributed by atoms with Crippen molar-refractivity contribution in [3.63, 3.8) is 0 Å². The quantitative estimate of drug-likeness (QED) is 0.618. The molecule has 4 rings (SSSR count). The van der Waals surface area contributed by atoms with E-state index in [-0.39, 0.29) is 29.4 Å². The summed E-state index contributed by atoms with van der Waals surface area (Å²) in [5.41, 5.74) is -0.977. The maximum absolute atomic E-state index is 13.9. The number of hydrogen-bond acceptors (Lipinski definition) is 7. The van der Waals surface area contributed by atoms with E-state index in [9.17, 15) is 13.2 Å². The highest BCUT2D eigenvalue weighted by molar-refractivity contribution is 6.30. The lowest BCUT2D eigenvalue weighted by Gasteiger charge is -2.38. The molecule has 3 heterocycles. The zero-order chi connectivity index (χ0) is 21.5. The first-order chi connectivity index (χ1) is 14.3. The molecule has 158 valence electrons. The average molecular weight is 440 g/mol. The second kappa shape index (κ2) is 7.80. The Labute approximate surface area is 174 Å². The highest BCUT2D eigenvalue weighted by Gasteiger charge is 2.39. The van der Waals surface area contributed by atoms with Crippen molar-refractivity contribution in [2.45, 2.75) is 32.1 Å². The van der Waals surface area contributed by atoms with Gasteiger partial charge in [0, 0.05) is 11.2 Å². The predicted octanol–water partition coefficient (Wildman–Crippen LogP) is 3.41. The van der Waals surface area contributed by atoms with Crippen molar-refractivity contribution in [2.24, 2.45) is 0 Å². The number of aromatic nitrogens is 6. The highest BCUT2D eigenvalue weighted by Crippen LogP contribution is 2.36. The molecule has 1 aliphatic heterocycles. The second-order valence-corrected chi connectivity index (χ2v) is 7.40. The van der Waals surface area contributed by atoms with Crippen LogP contribution in [0.3, 0.4) is 0 Å². The van der Waals surface area contributed by atoms with Crippen LogP contribution in [0.15, 0.2) is 30.5 Å². The zero-order valence-corrected chi connectivity index (χ0v) is 16.8. The third-order valence-electron chi connectivity index (χ3n) is 4.72. The molecule has 0 N–H and O–H groups in total. The number of hydrogen-bond donors (Lipinski definition) is 0. The lowest BCUT2D eigenvalue weighted by atomic mass is 10.1. The van der Waals surface area contributed by atoms with E-state index in [2.05, 4.69) is 25.5 Å². The van der Waals surface area contributed by atoms with Gasteiger partial charge in [0.25, 0.3) is 0 Å². The van der Waals surface area contributed by atoms with Gasteiger partial charge in [-0.1, -0.05) is 11.6 Å². The highest BCUT2D eigenvalue weighted by atomic mass is 35.5. The van der Waals surface area contributed by atoms with E-state index in [4.69, 9.17) is 16.3 Å². The first-order valence-corrected chi connectivity index (χ1v) is 9.48. The molecule has 1 aromatic carbocycles. The zero-order valence-electron chi connectivity index (χ0n) is 16.0. The first kappa shape index (κ1) is 20.5. The molecule has 1 saturated heterocycles. The van der Waals surface area contributed by atoms with Crippen molar-refractivity contribution in [1.29, 1.82) is 0 Å². The molecule has 1 aliphatic rings. The van der Waals surface area contributed by atoms with E-state index in [1.807, 2.05) is 13.8 Å². The number of halogens is 4. The van der Waals surface area contributed by atoms with Crippen LogP contribution in [0.1, 0.15) is 19.5 Å². The van der Waals surface area contributed by atoms with Crippen LogP contribution in [0.4, 0.5) is 19.1 Å². The van der Waals surface area contributed by atoms with Crippen molar-refractivity contribution < 1.29 is 17.9 Å². The van der Waals surface area contributed by atoms with E-state index in [0.29, 0.717) is 23.9 Å². The molecule has 0 radical (unpaired) electrons. The smallest absolute Gasteiger partial charge is 0.377 e. The van der Waals surface area contributed by atoms with Crippen LogP contribution in [-0.4, -0.2) is 55.5 Å². The Bertz CT molecular complexity index is 1030. The van der Waals surface area contributed by atoms with E-state index in [1.54, 1.807) is 29.2 Å². The average Bonchev–Trinajstić information content (AvgIpc) is 3.17. The van der Waals surface area contributed by atoms with Crippen molar-refractivity contribution in [3.05, 3.63) is 41.2 Å². The van der Waals surface area contributed by atoms with Gasteiger partial charge in [0.1, 0.15) is 0 Å². The number of tetrazole rings is 1. The minimum Gasteiger partial charge on any atom is -0.377 e. The van der Waals surface area contributed by atoms with E-state index >= 15 is 0 Å². The van der Waals surface area contributed by atoms with Gasteiger partial charge in [-0.3, -0.25) is 0 Å². The van der Waals surface area contributed by atoms with Crippen molar-refractivity contribution in [2.75, 3.05) is 18.1 Å². The maximum Gasteiger partial charge on any atom is 0.434 e. The normalized spacial score (nSPS) is 19.9. The van der Waals surface area contributed by atoms with Gasteiger partial charge in [-0.05, 0) is 48.5 Å². The summed E-state index contributed by atoms with van der Waals surface area (Å²) in [6, 6.07) is 6.05. The summed E-state index contributed by atoms with van der Waals surface area (Å²) in [6.07, 6.45) is -3.62. The molecular weight excluding hydrogens is 423 g/mol. The number of nitrogens with zero attached hydrogens (tertiary/aromatic N) is 7. The number of benzene rings is 1. The van der Waals surface area contributed by atoms with Gasteiger partial charge in [0.05, 0.1) is 36.5 Å². The van der Waals surface area contributed by atoms with Gasteiger partial charge in [0.2, 0.25) is 5.95 Å². The summed E-state index contributed by atoms with van der Waals surface area (Å²) >= 11 is 5.89. The molecular formula is C18H17ClF3N7O. The Balaban J connectivity index is 1.82. The fourth-order valence-electron chi connectivity index (χ4n) is 3.39. The Morgan fingerprint density at radius 2 is 1.77 bits per heavy atom. The molecule has 3 aromatic rings. The minimum atomic E-state index is -4.73. The number of alkyl halides is 3. The standard InChI is InChI=1S/C18H17ClF3N7O/c1-10-8-30-9-11(2)28(10)17-23-7-14(15(24-17)18(20,21)22)16-25-26-27-29(16)13-5-3-12(19)4-6-13/h3-7,10-11H,8-9H2,1-2H3/t10-,11-/m0/s1. The van der Waals surface area contributed by atoms with Gasteiger partial charge in [-0.25, -0.2) is 9.97 Å². The van der Waals surface area contributed by atoms with Gasteiger partial charge in [0.15, 0.2) is 11.5 Å². The van der Waals surface area contributed by atoms with Gasteiger partial charge in [-0.2, -0.15) is 17.9 Å². The van der Waals surface area contributed by atoms with Gasteiger partial charge < -0.3 is 9.64 Å². The van der Waals surface area contributed by atoms with Crippen molar-refractivity contribution in [3.8, 4) is 17.1 Å². The van der Waals surface area contributed by atoms with Crippen LogP contribution >= 0.6 is 11.6 Å². The Morgan fingerprint density at radius 3 is 2.40 bits per heavy atom. The SMILES string of the molecule is C[C@H]1COC[C@H](C)N1c1ncc(-c2nnnn2-c2ccc(Cl)cc2)c(C(F)(F)F)n1. The Morgan fingerprint density at radius 1 is 1.10 bits per heavy atom.